The van der Waals surface area contributed by atoms with Crippen LogP contribution >= 0.6 is 0 Å². The first-order chi connectivity index (χ1) is 13.7. The molecule has 4 rings (SSSR count). The molecular formula is C25H23NO2. The van der Waals surface area contributed by atoms with Gasteiger partial charge >= 0.3 is 0 Å². The third-order valence-corrected chi connectivity index (χ3v) is 4.97. The summed E-state index contributed by atoms with van der Waals surface area (Å²) in [5.74, 6) is 0.791. The molecule has 3 nitrogen and oxygen atoms in total. The van der Waals surface area contributed by atoms with Crippen molar-refractivity contribution >= 4 is 5.78 Å². The number of rotatable bonds is 6. The Morgan fingerprint density at radius 3 is 1.93 bits per heavy atom. The van der Waals surface area contributed by atoms with Gasteiger partial charge in [0.2, 0.25) is 0 Å². The van der Waals surface area contributed by atoms with E-state index in [0.29, 0.717) is 13.0 Å². The van der Waals surface area contributed by atoms with Crippen molar-refractivity contribution in [1.82, 2.24) is 5.06 Å². The minimum Gasteiger partial charge on any atom is -0.408 e. The van der Waals surface area contributed by atoms with E-state index in [-0.39, 0.29) is 11.8 Å². The molecule has 3 aromatic rings. The third kappa shape index (κ3) is 3.90. The second-order valence-corrected chi connectivity index (χ2v) is 7.02. The number of hydrogen-bond donors (Lipinski definition) is 0. The summed E-state index contributed by atoms with van der Waals surface area (Å²) in [6.45, 7) is 2.24. The van der Waals surface area contributed by atoms with Crippen LogP contribution in [-0.4, -0.2) is 10.8 Å². The van der Waals surface area contributed by atoms with Crippen molar-refractivity contribution in [3.05, 3.63) is 119 Å². The summed E-state index contributed by atoms with van der Waals surface area (Å²) in [6.07, 6.45) is 0.602. The van der Waals surface area contributed by atoms with E-state index in [9.17, 15) is 4.79 Å². The molecule has 3 aromatic carbocycles. The molecule has 1 aliphatic rings. The Hall–Kier alpha value is -3.17. The van der Waals surface area contributed by atoms with Gasteiger partial charge in [0.15, 0.2) is 5.78 Å². The first kappa shape index (κ1) is 18.2. The SMILES string of the molecule is CC(=O)C1=C(Cc2ccccc2)ON(Cc2ccccc2)C1c1ccccc1. The maximum atomic E-state index is 12.7. The maximum absolute atomic E-state index is 12.7. The molecule has 3 heteroatoms. The highest BCUT2D eigenvalue weighted by Gasteiger charge is 2.38. The Balaban J connectivity index is 1.73. The van der Waals surface area contributed by atoms with Crippen LogP contribution in [0.1, 0.15) is 29.7 Å². The predicted molar refractivity (Wildman–Crippen MR) is 110 cm³/mol. The Kier molecular flexibility index (Phi) is 5.36. The Labute approximate surface area is 165 Å². The number of benzene rings is 3. The van der Waals surface area contributed by atoms with E-state index in [1.54, 1.807) is 6.92 Å². The second-order valence-electron chi connectivity index (χ2n) is 7.02. The number of hydrogen-bond acceptors (Lipinski definition) is 3. The van der Waals surface area contributed by atoms with Crippen molar-refractivity contribution in [2.75, 3.05) is 0 Å². The zero-order valence-corrected chi connectivity index (χ0v) is 15.9. The van der Waals surface area contributed by atoms with E-state index in [4.69, 9.17) is 4.84 Å². The molecule has 1 atom stereocenters. The van der Waals surface area contributed by atoms with Gasteiger partial charge in [-0.1, -0.05) is 91.0 Å². The molecule has 0 aliphatic carbocycles. The smallest absolute Gasteiger partial charge is 0.161 e. The fraction of sp³-hybridized carbons (Fsp3) is 0.160. The summed E-state index contributed by atoms with van der Waals surface area (Å²) in [5, 5.41) is 1.93. The topological polar surface area (TPSA) is 29.5 Å². The number of ketones is 1. The van der Waals surface area contributed by atoms with Gasteiger partial charge in [-0.3, -0.25) is 4.79 Å². The van der Waals surface area contributed by atoms with Gasteiger partial charge in [-0.05, 0) is 23.6 Å². The maximum Gasteiger partial charge on any atom is 0.161 e. The number of allylic oxidation sites excluding steroid dienone is 1. The standard InChI is InChI=1S/C25H23NO2/c1-19(27)24-23(17-20-11-5-2-6-12-20)28-26(18-21-13-7-3-8-14-21)25(24)22-15-9-4-10-16-22/h2-16,25H,17-18H2,1H3. The lowest BCUT2D eigenvalue weighted by Crippen LogP contribution is -2.25. The molecule has 1 heterocycles. The fourth-order valence-electron chi connectivity index (χ4n) is 3.69. The van der Waals surface area contributed by atoms with Crippen molar-refractivity contribution in [1.29, 1.82) is 0 Å². The van der Waals surface area contributed by atoms with Crippen molar-refractivity contribution in [3.63, 3.8) is 0 Å². The van der Waals surface area contributed by atoms with Gasteiger partial charge in [0.05, 0.1) is 12.1 Å². The van der Waals surface area contributed by atoms with Crippen molar-refractivity contribution in [2.24, 2.45) is 0 Å². The van der Waals surface area contributed by atoms with Gasteiger partial charge in [-0.25, -0.2) is 0 Å². The molecule has 140 valence electrons. The summed E-state index contributed by atoms with van der Waals surface area (Å²) in [5.41, 5.74) is 4.08. The fourth-order valence-corrected chi connectivity index (χ4v) is 3.69. The van der Waals surface area contributed by atoms with E-state index in [1.807, 2.05) is 59.7 Å². The van der Waals surface area contributed by atoms with Crippen LogP contribution in [0.2, 0.25) is 0 Å². The lowest BCUT2D eigenvalue weighted by atomic mass is 9.93. The van der Waals surface area contributed by atoms with Crippen LogP contribution < -0.4 is 0 Å². The van der Waals surface area contributed by atoms with E-state index >= 15 is 0 Å². The van der Waals surface area contributed by atoms with E-state index in [0.717, 1.165) is 28.0 Å². The zero-order chi connectivity index (χ0) is 19.3. The molecule has 0 aromatic heterocycles. The minimum atomic E-state index is -0.211. The normalized spacial score (nSPS) is 16.8. The minimum absolute atomic E-state index is 0.0512. The van der Waals surface area contributed by atoms with Crippen molar-refractivity contribution in [2.45, 2.75) is 25.9 Å². The Morgan fingerprint density at radius 2 is 1.36 bits per heavy atom. The molecule has 0 fully saturated rings. The average molecular weight is 369 g/mol. The molecule has 28 heavy (non-hydrogen) atoms. The van der Waals surface area contributed by atoms with E-state index in [1.165, 1.54) is 0 Å². The predicted octanol–water partition coefficient (Wildman–Crippen LogP) is 5.26. The summed E-state index contributed by atoms with van der Waals surface area (Å²) >= 11 is 0. The number of hydroxylamine groups is 2. The summed E-state index contributed by atoms with van der Waals surface area (Å²) in [7, 11) is 0. The Morgan fingerprint density at radius 1 is 0.821 bits per heavy atom. The molecule has 0 radical (unpaired) electrons. The first-order valence-corrected chi connectivity index (χ1v) is 9.54. The van der Waals surface area contributed by atoms with Crippen LogP contribution in [0.15, 0.2) is 102 Å². The zero-order valence-electron chi connectivity index (χ0n) is 15.9. The van der Waals surface area contributed by atoms with Crippen LogP contribution in [0.3, 0.4) is 0 Å². The van der Waals surface area contributed by atoms with Crippen LogP contribution in [0, 0.1) is 0 Å². The van der Waals surface area contributed by atoms with Crippen LogP contribution in [0.5, 0.6) is 0 Å². The quantitative estimate of drug-likeness (QED) is 0.593. The van der Waals surface area contributed by atoms with E-state index < -0.39 is 0 Å². The van der Waals surface area contributed by atoms with Gasteiger partial charge in [-0.2, -0.15) is 0 Å². The molecule has 1 aliphatic heterocycles. The molecule has 0 saturated heterocycles. The van der Waals surface area contributed by atoms with Gasteiger partial charge in [-0.15, -0.1) is 5.06 Å². The first-order valence-electron chi connectivity index (χ1n) is 9.54. The lowest BCUT2D eigenvalue weighted by Gasteiger charge is -2.24. The number of carbonyl (C=O) groups is 1. The van der Waals surface area contributed by atoms with Gasteiger partial charge in [0.1, 0.15) is 11.8 Å². The summed E-state index contributed by atoms with van der Waals surface area (Å²) < 4.78 is 0. The molecule has 0 bridgehead atoms. The molecular weight excluding hydrogens is 346 g/mol. The lowest BCUT2D eigenvalue weighted by molar-refractivity contribution is -0.130. The van der Waals surface area contributed by atoms with Gasteiger partial charge in [0, 0.05) is 6.42 Å². The summed E-state index contributed by atoms with van der Waals surface area (Å²) in [4.78, 5) is 19.0. The summed E-state index contributed by atoms with van der Waals surface area (Å²) in [6, 6.07) is 30.2. The molecule has 0 N–H and O–H groups in total. The number of nitrogens with zero attached hydrogens (tertiary/aromatic N) is 1. The highest BCUT2D eigenvalue weighted by molar-refractivity contribution is 5.95. The highest BCUT2D eigenvalue weighted by Crippen LogP contribution is 2.40. The Bertz CT molecular complexity index is 965. The average Bonchev–Trinajstić information content (AvgIpc) is 3.08. The molecule has 0 amide bonds. The molecule has 0 saturated carbocycles. The monoisotopic (exact) mass is 369 g/mol. The van der Waals surface area contributed by atoms with Crippen molar-refractivity contribution in [3.8, 4) is 0 Å². The largest absolute Gasteiger partial charge is 0.408 e. The van der Waals surface area contributed by atoms with Gasteiger partial charge < -0.3 is 4.84 Å². The third-order valence-electron chi connectivity index (χ3n) is 4.97. The second kappa shape index (κ2) is 8.24. The van der Waals surface area contributed by atoms with E-state index in [2.05, 4.69) is 36.4 Å². The van der Waals surface area contributed by atoms with Crippen LogP contribution in [-0.2, 0) is 22.6 Å². The van der Waals surface area contributed by atoms with Gasteiger partial charge in [0.25, 0.3) is 0 Å². The highest BCUT2D eigenvalue weighted by atomic mass is 16.7. The number of Topliss-reactive ketones (excluding diaryl/α,β-unsaturated/α-hetero) is 1. The number of carbonyl (C=O) groups excluding carboxylic acids is 1. The molecule has 0 spiro atoms. The van der Waals surface area contributed by atoms with Crippen molar-refractivity contribution < 1.29 is 9.63 Å². The molecule has 1 unspecified atom stereocenters. The van der Waals surface area contributed by atoms with Crippen LogP contribution in [0.25, 0.3) is 0 Å². The van der Waals surface area contributed by atoms with Crippen LogP contribution in [0.4, 0.5) is 0 Å².